The highest BCUT2D eigenvalue weighted by atomic mass is 16.8. The molecule has 34 heavy (non-hydrogen) atoms. The van der Waals surface area contributed by atoms with Gasteiger partial charge in [-0.2, -0.15) is 0 Å². The molecule has 0 unspecified atom stereocenters. The van der Waals surface area contributed by atoms with Gasteiger partial charge < -0.3 is 79.9 Å². The monoisotopic (exact) mass is 504 g/mol. The summed E-state index contributed by atoms with van der Waals surface area (Å²) in [5.41, 5.74) is 0. The van der Waals surface area contributed by atoms with Crippen LogP contribution in [0.25, 0.3) is 0 Å². The second-order valence-corrected chi connectivity index (χ2v) is 8.37. The van der Waals surface area contributed by atoms with Gasteiger partial charge in [-0.1, -0.05) is 0 Å². The minimum Gasteiger partial charge on any atom is -0.394 e. The third-order valence-electron chi connectivity index (χ3n) is 6.18. The molecule has 200 valence electrons. The highest BCUT2D eigenvalue weighted by molar-refractivity contribution is 4.99. The lowest BCUT2D eigenvalue weighted by molar-refractivity contribution is -0.399. The Labute approximate surface area is 192 Å². The van der Waals surface area contributed by atoms with Crippen molar-refractivity contribution in [1.82, 2.24) is 0 Å². The predicted octanol–water partition coefficient (Wildman–Crippen LogP) is -7.57. The van der Waals surface area contributed by atoms with Crippen molar-refractivity contribution in [3.8, 4) is 0 Å². The molecule has 16 nitrogen and oxygen atoms in total. The molecular weight excluding hydrogens is 472 g/mol. The summed E-state index contributed by atoms with van der Waals surface area (Å²) in [6, 6.07) is 0. The van der Waals surface area contributed by atoms with Crippen LogP contribution in [0.1, 0.15) is 0 Å². The Morgan fingerprint density at radius 2 is 1.15 bits per heavy atom. The van der Waals surface area contributed by atoms with Gasteiger partial charge in [0.1, 0.15) is 73.8 Å². The summed E-state index contributed by atoms with van der Waals surface area (Å²) in [6.45, 7) is -3.42. The first-order valence-electron chi connectivity index (χ1n) is 10.6. The summed E-state index contributed by atoms with van der Waals surface area (Å²) in [7, 11) is 0. The van der Waals surface area contributed by atoms with Gasteiger partial charge in [-0.05, 0) is 0 Å². The van der Waals surface area contributed by atoms with E-state index in [0.717, 1.165) is 0 Å². The third-order valence-corrected chi connectivity index (χ3v) is 6.18. The maximum absolute atomic E-state index is 10.8. The molecule has 16 heteroatoms. The van der Waals surface area contributed by atoms with Crippen molar-refractivity contribution in [1.29, 1.82) is 0 Å². The lowest BCUT2D eigenvalue weighted by Crippen LogP contribution is -2.66. The number of aliphatic hydroxyl groups is 11. The average molecular weight is 504 g/mol. The number of ether oxygens (including phenoxy) is 5. The minimum atomic E-state index is -2.38. The molecule has 0 aliphatic carbocycles. The van der Waals surface area contributed by atoms with Gasteiger partial charge in [0.15, 0.2) is 12.6 Å². The van der Waals surface area contributed by atoms with Gasteiger partial charge in [-0.25, -0.2) is 0 Å². The quantitative estimate of drug-likeness (QED) is 0.146. The van der Waals surface area contributed by atoms with Crippen LogP contribution in [0.15, 0.2) is 0 Å². The van der Waals surface area contributed by atoms with Crippen LogP contribution < -0.4 is 0 Å². The zero-order chi connectivity index (χ0) is 25.4. The molecule has 0 aromatic rings. The molecule has 0 aromatic heterocycles. The van der Waals surface area contributed by atoms with E-state index in [1.165, 1.54) is 0 Å². The first-order valence-corrected chi connectivity index (χ1v) is 10.6. The lowest BCUT2D eigenvalue weighted by Gasteiger charge is -2.47. The Hall–Kier alpha value is -0.640. The summed E-state index contributed by atoms with van der Waals surface area (Å²) >= 11 is 0. The van der Waals surface area contributed by atoms with Gasteiger partial charge in [-0.3, -0.25) is 0 Å². The first-order chi connectivity index (χ1) is 16.0. The Kier molecular flexibility index (Phi) is 9.18. The highest BCUT2D eigenvalue weighted by Gasteiger charge is 2.59. The van der Waals surface area contributed by atoms with Crippen LogP contribution in [-0.2, 0) is 23.7 Å². The smallest absolute Gasteiger partial charge is 0.224 e. The molecule has 3 heterocycles. The standard InChI is InChI=1S/C18H32O16/c19-1-5-8(23)11(26)12(27)16(30-5)32-14-9(24)6(2-20)31-17(13(14)28)34-18(4-22)15(29)10(25)7(3-21)33-18/h5-17,19-29H,1-4H2/t5-,6-,7-,8+,9-,10-,11+,12-,13-,14+,15+,16+,17-,18+/m1/s1. The Morgan fingerprint density at radius 3 is 1.68 bits per heavy atom. The molecule has 3 rings (SSSR count). The van der Waals surface area contributed by atoms with E-state index in [0.29, 0.717) is 0 Å². The topological polar surface area (TPSA) is 269 Å². The fourth-order valence-corrected chi connectivity index (χ4v) is 4.11. The van der Waals surface area contributed by atoms with E-state index in [9.17, 15) is 56.2 Å². The highest BCUT2D eigenvalue weighted by Crippen LogP contribution is 2.37. The largest absolute Gasteiger partial charge is 0.394 e. The molecule has 3 aliphatic rings. The van der Waals surface area contributed by atoms with Crippen molar-refractivity contribution in [3.63, 3.8) is 0 Å². The molecule has 0 spiro atoms. The third kappa shape index (κ3) is 4.96. The Balaban J connectivity index is 1.81. The van der Waals surface area contributed by atoms with E-state index in [1.807, 2.05) is 0 Å². The molecule has 0 saturated carbocycles. The molecule has 0 bridgehead atoms. The molecule has 3 aliphatic heterocycles. The van der Waals surface area contributed by atoms with Gasteiger partial charge in [-0.15, -0.1) is 0 Å². The SMILES string of the molecule is OC[C@H]1O[C@@H](O[C@@H]2[C@@H](O)[C@@H](O[C@]3(CO)O[C@H](CO)[C@@H](O)[C@@H]3O)O[C@H](CO)[C@H]2O)[C@H](O)[C@@H](O)[C@H]1O. The molecule has 14 atom stereocenters. The van der Waals surface area contributed by atoms with Crippen molar-refractivity contribution < 1.29 is 79.9 Å². The maximum Gasteiger partial charge on any atom is 0.224 e. The second kappa shape index (κ2) is 11.2. The van der Waals surface area contributed by atoms with Crippen LogP contribution in [0.4, 0.5) is 0 Å². The van der Waals surface area contributed by atoms with Crippen LogP contribution in [0.2, 0.25) is 0 Å². The van der Waals surface area contributed by atoms with Crippen molar-refractivity contribution >= 4 is 0 Å². The summed E-state index contributed by atoms with van der Waals surface area (Å²) in [4.78, 5) is 0. The number of hydrogen-bond acceptors (Lipinski definition) is 16. The molecule has 0 radical (unpaired) electrons. The van der Waals surface area contributed by atoms with Crippen molar-refractivity contribution in [2.75, 3.05) is 26.4 Å². The van der Waals surface area contributed by atoms with Gasteiger partial charge in [0.25, 0.3) is 0 Å². The van der Waals surface area contributed by atoms with E-state index in [2.05, 4.69) is 0 Å². The van der Waals surface area contributed by atoms with Gasteiger partial charge in [0, 0.05) is 0 Å². The van der Waals surface area contributed by atoms with Gasteiger partial charge >= 0.3 is 0 Å². The first kappa shape index (κ1) is 27.9. The predicted molar refractivity (Wildman–Crippen MR) is 101 cm³/mol. The fraction of sp³-hybridized carbons (Fsp3) is 1.00. The van der Waals surface area contributed by atoms with Gasteiger partial charge in [0.05, 0.1) is 19.8 Å². The second-order valence-electron chi connectivity index (χ2n) is 8.37. The summed E-state index contributed by atoms with van der Waals surface area (Å²) in [6.07, 6.45) is -22.3. The van der Waals surface area contributed by atoms with E-state index in [1.54, 1.807) is 0 Å². The van der Waals surface area contributed by atoms with E-state index in [4.69, 9.17) is 23.7 Å². The normalized spacial score (nSPS) is 52.1. The number of hydrogen-bond donors (Lipinski definition) is 11. The van der Waals surface area contributed by atoms with Gasteiger partial charge in [0.2, 0.25) is 5.79 Å². The number of rotatable bonds is 8. The molecule has 0 amide bonds. The van der Waals surface area contributed by atoms with E-state index < -0.39 is 112 Å². The number of aliphatic hydroxyl groups excluding tert-OH is 11. The zero-order valence-corrected chi connectivity index (χ0v) is 17.8. The Bertz CT molecular complexity index is 653. The lowest BCUT2D eigenvalue weighted by atomic mass is 9.96. The molecule has 0 aromatic carbocycles. The van der Waals surface area contributed by atoms with Crippen LogP contribution in [0.3, 0.4) is 0 Å². The van der Waals surface area contributed by atoms with Crippen molar-refractivity contribution in [2.24, 2.45) is 0 Å². The molecule has 11 N–H and O–H groups in total. The van der Waals surface area contributed by atoms with E-state index >= 15 is 0 Å². The molecule has 3 saturated heterocycles. The molecule has 3 fully saturated rings. The summed E-state index contributed by atoms with van der Waals surface area (Å²) in [5.74, 6) is -2.38. The van der Waals surface area contributed by atoms with Crippen LogP contribution >= 0.6 is 0 Å². The average Bonchev–Trinajstić information content (AvgIpc) is 3.08. The Morgan fingerprint density at radius 1 is 0.588 bits per heavy atom. The summed E-state index contributed by atoms with van der Waals surface area (Å²) in [5, 5.41) is 110. The minimum absolute atomic E-state index is 0.752. The van der Waals surface area contributed by atoms with Crippen LogP contribution in [0, 0.1) is 0 Å². The fourth-order valence-electron chi connectivity index (χ4n) is 4.11. The van der Waals surface area contributed by atoms with Crippen molar-refractivity contribution in [2.45, 2.75) is 85.5 Å². The zero-order valence-electron chi connectivity index (χ0n) is 17.8. The van der Waals surface area contributed by atoms with Crippen molar-refractivity contribution in [3.05, 3.63) is 0 Å². The van der Waals surface area contributed by atoms with Crippen LogP contribution in [-0.4, -0.2) is 168 Å². The maximum atomic E-state index is 10.8. The molecular formula is C18H32O16. The van der Waals surface area contributed by atoms with Crippen LogP contribution in [0.5, 0.6) is 0 Å². The van der Waals surface area contributed by atoms with E-state index in [-0.39, 0.29) is 0 Å². The summed E-state index contributed by atoms with van der Waals surface area (Å²) < 4.78 is 26.6.